The van der Waals surface area contributed by atoms with Crippen molar-refractivity contribution < 1.29 is 9.59 Å². The van der Waals surface area contributed by atoms with Gasteiger partial charge in [0.1, 0.15) is 5.41 Å². The first-order valence-electron chi connectivity index (χ1n) is 8.71. The van der Waals surface area contributed by atoms with Crippen LogP contribution in [0.3, 0.4) is 0 Å². The van der Waals surface area contributed by atoms with Gasteiger partial charge in [-0.3, -0.25) is 9.59 Å². The second-order valence-electron chi connectivity index (χ2n) is 7.09. The Kier molecular flexibility index (Phi) is 4.42. The van der Waals surface area contributed by atoms with Gasteiger partial charge >= 0.3 is 0 Å². The predicted octanol–water partition coefficient (Wildman–Crippen LogP) is 3.47. The van der Waals surface area contributed by atoms with E-state index in [0.29, 0.717) is 12.8 Å². The van der Waals surface area contributed by atoms with Crippen LogP contribution < -0.4 is 10.6 Å². The van der Waals surface area contributed by atoms with Gasteiger partial charge in [-0.15, -0.1) is 0 Å². The van der Waals surface area contributed by atoms with Crippen LogP contribution in [0.5, 0.6) is 0 Å². The number of benzene rings is 1. The fourth-order valence-electron chi connectivity index (χ4n) is 3.38. The number of rotatable bonds is 4. The Labute approximate surface area is 138 Å². The van der Waals surface area contributed by atoms with Crippen LogP contribution in [0.25, 0.3) is 0 Å². The average Bonchev–Trinajstić information content (AvgIpc) is 3.35. The van der Waals surface area contributed by atoms with Crippen molar-refractivity contribution in [2.24, 2.45) is 5.41 Å². The Balaban J connectivity index is 1.66. The smallest absolute Gasteiger partial charge is 0.240 e. The van der Waals surface area contributed by atoms with Gasteiger partial charge in [-0.25, -0.2) is 0 Å². The van der Waals surface area contributed by atoms with Crippen LogP contribution in [0, 0.1) is 19.3 Å². The summed E-state index contributed by atoms with van der Waals surface area (Å²) in [5, 5.41) is 6.09. The highest BCUT2D eigenvalue weighted by molar-refractivity contribution is 6.13. The van der Waals surface area contributed by atoms with Crippen molar-refractivity contribution in [3.8, 4) is 0 Å². The predicted molar refractivity (Wildman–Crippen MR) is 91.2 cm³/mol. The standard InChI is InChI=1S/C19H26N2O2/c1-13-7-6-10-16(14(13)2)21-18(23)19(11-12-19)17(22)20-15-8-4-3-5-9-15/h6-7,10,15H,3-5,8-9,11-12H2,1-2H3,(H,20,22)(H,21,23). The molecule has 4 nitrogen and oxygen atoms in total. The Morgan fingerprint density at radius 2 is 1.74 bits per heavy atom. The number of nitrogens with one attached hydrogen (secondary N) is 2. The van der Waals surface area contributed by atoms with Crippen molar-refractivity contribution >= 4 is 17.5 Å². The van der Waals surface area contributed by atoms with Crippen LogP contribution in [0.15, 0.2) is 18.2 Å². The molecule has 2 aliphatic rings. The molecular formula is C19H26N2O2. The van der Waals surface area contributed by atoms with E-state index >= 15 is 0 Å². The van der Waals surface area contributed by atoms with Crippen LogP contribution >= 0.6 is 0 Å². The van der Waals surface area contributed by atoms with E-state index in [4.69, 9.17) is 0 Å². The van der Waals surface area contributed by atoms with Crippen molar-refractivity contribution in [1.82, 2.24) is 5.32 Å². The minimum atomic E-state index is -0.840. The van der Waals surface area contributed by atoms with Gasteiger partial charge in [0.05, 0.1) is 0 Å². The van der Waals surface area contributed by atoms with Crippen LogP contribution in [0.2, 0.25) is 0 Å². The summed E-state index contributed by atoms with van der Waals surface area (Å²) < 4.78 is 0. The third kappa shape index (κ3) is 3.26. The van der Waals surface area contributed by atoms with Crippen molar-refractivity contribution in [3.63, 3.8) is 0 Å². The van der Waals surface area contributed by atoms with Crippen molar-refractivity contribution in [2.75, 3.05) is 5.32 Å². The molecule has 2 saturated carbocycles. The van der Waals surface area contributed by atoms with Crippen LogP contribution in [-0.4, -0.2) is 17.9 Å². The molecule has 0 bridgehead atoms. The van der Waals surface area contributed by atoms with Crippen molar-refractivity contribution in [1.29, 1.82) is 0 Å². The van der Waals surface area contributed by atoms with E-state index in [1.807, 2.05) is 32.0 Å². The molecule has 1 aromatic rings. The molecule has 2 N–H and O–H groups in total. The summed E-state index contributed by atoms with van der Waals surface area (Å²) in [5.41, 5.74) is 2.17. The summed E-state index contributed by atoms with van der Waals surface area (Å²) in [4.78, 5) is 25.3. The van der Waals surface area contributed by atoms with E-state index in [9.17, 15) is 9.59 Å². The van der Waals surface area contributed by atoms with Crippen LogP contribution in [0.4, 0.5) is 5.69 Å². The molecule has 0 heterocycles. The van der Waals surface area contributed by atoms with Gasteiger partial charge in [0, 0.05) is 11.7 Å². The molecule has 2 fully saturated rings. The normalized spacial score (nSPS) is 19.9. The Hall–Kier alpha value is -1.84. The highest BCUT2D eigenvalue weighted by atomic mass is 16.2. The van der Waals surface area contributed by atoms with E-state index in [1.165, 1.54) is 19.3 Å². The summed E-state index contributed by atoms with van der Waals surface area (Å²) in [7, 11) is 0. The number of aryl methyl sites for hydroxylation is 1. The maximum atomic E-state index is 12.7. The maximum Gasteiger partial charge on any atom is 0.240 e. The summed E-state index contributed by atoms with van der Waals surface area (Å²) in [6, 6.07) is 6.10. The lowest BCUT2D eigenvalue weighted by Crippen LogP contribution is -2.45. The Bertz CT molecular complexity index is 614. The zero-order chi connectivity index (χ0) is 16.4. The molecule has 3 rings (SSSR count). The third-order valence-corrected chi connectivity index (χ3v) is 5.41. The number of hydrogen-bond acceptors (Lipinski definition) is 2. The number of hydrogen-bond donors (Lipinski definition) is 2. The summed E-state index contributed by atoms with van der Waals surface area (Å²) in [6.45, 7) is 4.01. The zero-order valence-electron chi connectivity index (χ0n) is 14.1. The fraction of sp³-hybridized carbons (Fsp3) is 0.579. The first-order chi connectivity index (χ1) is 11.0. The molecule has 124 valence electrons. The monoisotopic (exact) mass is 314 g/mol. The molecule has 2 aliphatic carbocycles. The van der Waals surface area contributed by atoms with Gasteiger partial charge in [-0.05, 0) is 56.7 Å². The second-order valence-corrected chi connectivity index (χ2v) is 7.09. The molecule has 0 spiro atoms. The summed E-state index contributed by atoms with van der Waals surface area (Å²) >= 11 is 0. The first-order valence-corrected chi connectivity index (χ1v) is 8.71. The Morgan fingerprint density at radius 1 is 1.04 bits per heavy atom. The lowest BCUT2D eigenvalue weighted by Gasteiger charge is -2.25. The average molecular weight is 314 g/mol. The van der Waals surface area contributed by atoms with Gasteiger partial charge < -0.3 is 10.6 Å². The van der Waals surface area contributed by atoms with Gasteiger partial charge in [0.15, 0.2) is 0 Å². The number of carbonyl (C=O) groups is 2. The molecular weight excluding hydrogens is 288 g/mol. The second kappa shape index (κ2) is 6.34. The molecule has 2 amide bonds. The molecule has 0 radical (unpaired) electrons. The molecule has 0 aliphatic heterocycles. The topological polar surface area (TPSA) is 58.2 Å². The van der Waals surface area contributed by atoms with Gasteiger partial charge in [-0.2, -0.15) is 0 Å². The number of carbonyl (C=O) groups excluding carboxylic acids is 2. The molecule has 0 aromatic heterocycles. The zero-order valence-corrected chi connectivity index (χ0v) is 14.1. The first kappa shape index (κ1) is 16.0. The molecule has 0 unspecified atom stereocenters. The molecule has 4 heteroatoms. The van der Waals surface area contributed by atoms with E-state index in [0.717, 1.165) is 29.7 Å². The van der Waals surface area contributed by atoms with E-state index in [1.54, 1.807) is 0 Å². The molecule has 0 atom stereocenters. The summed E-state index contributed by atoms with van der Waals surface area (Å²) in [6.07, 6.45) is 7.00. The minimum Gasteiger partial charge on any atom is -0.352 e. The quantitative estimate of drug-likeness (QED) is 0.836. The van der Waals surface area contributed by atoms with Gasteiger partial charge in [-0.1, -0.05) is 31.4 Å². The minimum absolute atomic E-state index is 0.0767. The summed E-state index contributed by atoms with van der Waals surface area (Å²) in [5.74, 6) is -0.230. The van der Waals surface area contributed by atoms with E-state index in [-0.39, 0.29) is 17.9 Å². The van der Waals surface area contributed by atoms with E-state index < -0.39 is 5.41 Å². The Morgan fingerprint density at radius 3 is 2.39 bits per heavy atom. The van der Waals surface area contributed by atoms with E-state index in [2.05, 4.69) is 10.6 Å². The third-order valence-electron chi connectivity index (χ3n) is 5.41. The maximum absolute atomic E-state index is 12.7. The number of anilines is 1. The largest absolute Gasteiger partial charge is 0.352 e. The SMILES string of the molecule is Cc1cccc(NC(=O)C2(C(=O)NC3CCCCC3)CC2)c1C. The highest BCUT2D eigenvalue weighted by Gasteiger charge is 2.56. The lowest BCUT2D eigenvalue weighted by molar-refractivity contribution is -0.135. The molecule has 23 heavy (non-hydrogen) atoms. The van der Waals surface area contributed by atoms with Crippen molar-refractivity contribution in [3.05, 3.63) is 29.3 Å². The van der Waals surface area contributed by atoms with Crippen LogP contribution in [0.1, 0.15) is 56.1 Å². The van der Waals surface area contributed by atoms with Gasteiger partial charge in [0.2, 0.25) is 11.8 Å². The lowest BCUT2D eigenvalue weighted by atomic mass is 9.94. The highest BCUT2D eigenvalue weighted by Crippen LogP contribution is 2.47. The van der Waals surface area contributed by atoms with Crippen molar-refractivity contribution in [2.45, 2.75) is 64.8 Å². The van der Waals surface area contributed by atoms with Gasteiger partial charge in [0.25, 0.3) is 0 Å². The molecule has 0 saturated heterocycles. The number of amides is 2. The van der Waals surface area contributed by atoms with Crippen LogP contribution in [-0.2, 0) is 9.59 Å². The fourth-order valence-corrected chi connectivity index (χ4v) is 3.38. The molecule has 1 aromatic carbocycles.